The monoisotopic (exact) mass is 268 g/mol. The van der Waals surface area contributed by atoms with Crippen molar-refractivity contribution in [3.8, 4) is 0 Å². The van der Waals surface area contributed by atoms with Crippen LogP contribution < -0.4 is 5.32 Å². The van der Waals surface area contributed by atoms with Crippen LogP contribution in [0.4, 0.5) is 5.82 Å². The van der Waals surface area contributed by atoms with E-state index in [2.05, 4.69) is 25.9 Å². The Hall–Kier alpha value is -1.77. The molecule has 18 heavy (non-hydrogen) atoms. The molecule has 8 nitrogen and oxygen atoms in total. The molecule has 3 rings (SSSR count). The van der Waals surface area contributed by atoms with Gasteiger partial charge < -0.3 is 5.32 Å². The summed E-state index contributed by atoms with van der Waals surface area (Å²) in [4.78, 5) is 0. The summed E-state index contributed by atoms with van der Waals surface area (Å²) in [6, 6.07) is 3.45. The lowest BCUT2D eigenvalue weighted by atomic mass is 10.2. The van der Waals surface area contributed by atoms with Crippen LogP contribution in [0, 0.1) is 0 Å². The van der Waals surface area contributed by atoms with E-state index in [0.717, 1.165) is 6.42 Å². The molecule has 1 aliphatic heterocycles. The standard InChI is InChI=1S/C9H12N6O2S/c16-18(17)5-1-2-7(18)6-10-8-3-4-9-11-13-14-15(9)12-8/h3-4,7H,1-2,5-6H2,(H,10,12). The molecule has 1 fully saturated rings. The number of fused-ring (bicyclic) bond motifs is 1. The number of sulfone groups is 1. The summed E-state index contributed by atoms with van der Waals surface area (Å²) >= 11 is 0. The number of hydrogen-bond donors (Lipinski definition) is 1. The van der Waals surface area contributed by atoms with E-state index in [1.165, 1.54) is 4.63 Å². The number of aromatic nitrogens is 5. The fourth-order valence-corrected chi connectivity index (χ4v) is 3.82. The highest BCUT2D eigenvalue weighted by Crippen LogP contribution is 2.20. The molecule has 0 radical (unpaired) electrons. The first-order chi connectivity index (χ1) is 8.65. The van der Waals surface area contributed by atoms with Crippen molar-refractivity contribution in [1.82, 2.24) is 25.3 Å². The van der Waals surface area contributed by atoms with Gasteiger partial charge >= 0.3 is 0 Å². The van der Waals surface area contributed by atoms with E-state index in [9.17, 15) is 8.42 Å². The lowest BCUT2D eigenvalue weighted by Crippen LogP contribution is -2.25. The molecule has 0 spiro atoms. The van der Waals surface area contributed by atoms with Gasteiger partial charge in [-0.3, -0.25) is 0 Å². The quantitative estimate of drug-likeness (QED) is 0.801. The number of nitrogens with one attached hydrogen (secondary N) is 1. The first kappa shape index (κ1) is 11.3. The zero-order valence-corrected chi connectivity index (χ0v) is 10.3. The molecule has 1 unspecified atom stereocenters. The zero-order valence-electron chi connectivity index (χ0n) is 9.52. The van der Waals surface area contributed by atoms with Gasteiger partial charge in [-0.1, -0.05) is 0 Å². The Kier molecular flexibility index (Phi) is 2.62. The molecule has 1 atom stereocenters. The molecule has 1 aliphatic rings. The van der Waals surface area contributed by atoms with Crippen LogP contribution in [0.2, 0.25) is 0 Å². The Morgan fingerprint density at radius 3 is 3.11 bits per heavy atom. The lowest BCUT2D eigenvalue weighted by molar-refractivity contribution is 0.591. The number of anilines is 1. The van der Waals surface area contributed by atoms with Crippen molar-refractivity contribution in [3.05, 3.63) is 12.1 Å². The van der Waals surface area contributed by atoms with Gasteiger partial charge in [-0.25, -0.2) is 8.42 Å². The van der Waals surface area contributed by atoms with Crippen LogP contribution in [-0.4, -0.2) is 51.2 Å². The maximum Gasteiger partial charge on any atom is 0.200 e. The van der Waals surface area contributed by atoms with Crippen LogP contribution in [0.25, 0.3) is 5.65 Å². The van der Waals surface area contributed by atoms with E-state index in [1.807, 2.05) is 0 Å². The minimum absolute atomic E-state index is 0.290. The minimum Gasteiger partial charge on any atom is -0.367 e. The summed E-state index contributed by atoms with van der Waals surface area (Å²) in [5.41, 5.74) is 0.550. The number of hydrogen-bond acceptors (Lipinski definition) is 7. The van der Waals surface area contributed by atoms with Crippen molar-refractivity contribution in [1.29, 1.82) is 0 Å². The van der Waals surface area contributed by atoms with Crippen molar-refractivity contribution >= 4 is 21.3 Å². The molecular weight excluding hydrogens is 256 g/mol. The van der Waals surface area contributed by atoms with Crippen molar-refractivity contribution in [2.24, 2.45) is 0 Å². The van der Waals surface area contributed by atoms with Crippen LogP contribution in [0.3, 0.4) is 0 Å². The first-order valence-electron chi connectivity index (χ1n) is 5.66. The summed E-state index contributed by atoms with van der Waals surface area (Å²) in [6.45, 7) is 0.378. The molecule has 3 heterocycles. The smallest absolute Gasteiger partial charge is 0.200 e. The normalized spacial score (nSPS) is 22.3. The molecule has 0 aliphatic carbocycles. The Labute approximate surface area is 103 Å². The maximum absolute atomic E-state index is 11.7. The van der Waals surface area contributed by atoms with Gasteiger partial charge in [0.1, 0.15) is 5.82 Å². The van der Waals surface area contributed by atoms with Gasteiger partial charge in [0.2, 0.25) is 0 Å². The highest BCUT2D eigenvalue weighted by atomic mass is 32.2. The summed E-state index contributed by atoms with van der Waals surface area (Å²) in [5.74, 6) is 0.857. The summed E-state index contributed by atoms with van der Waals surface area (Å²) < 4.78 is 24.6. The van der Waals surface area contributed by atoms with Crippen LogP contribution >= 0.6 is 0 Å². The van der Waals surface area contributed by atoms with Crippen LogP contribution in [0.15, 0.2) is 12.1 Å². The van der Waals surface area contributed by atoms with Crippen LogP contribution in [0.1, 0.15) is 12.8 Å². The first-order valence-corrected chi connectivity index (χ1v) is 7.37. The molecule has 9 heteroatoms. The third kappa shape index (κ3) is 2.01. The van der Waals surface area contributed by atoms with Crippen molar-refractivity contribution in [2.75, 3.05) is 17.6 Å². The Morgan fingerprint density at radius 1 is 1.44 bits per heavy atom. The predicted molar refractivity (Wildman–Crippen MR) is 63.9 cm³/mol. The van der Waals surface area contributed by atoms with Crippen molar-refractivity contribution in [3.63, 3.8) is 0 Å². The van der Waals surface area contributed by atoms with Gasteiger partial charge in [0.05, 0.1) is 11.0 Å². The zero-order chi connectivity index (χ0) is 12.6. The predicted octanol–water partition coefficient (Wildman–Crippen LogP) is -0.492. The second-order valence-corrected chi connectivity index (χ2v) is 6.66. The third-order valence-corrected chi connectivity index (χ3v) is 5.32. The fraction of sp³-hybridized carbons (Fsp3) is 0.556. The van der Waals surface area contributed by atoms with Gasteiger partial charge in [-0.2, -0.15) is 0 Å². The summed E-state index contributed by atoms with van der Waals surface area (Å²) in [6.07, 6.45) is 1.45. The van der Waals surface area contributed by atoms with Gasteiger partial charge in [0.15, 0.2) is 15.5 Å². The van der Waals surface area contributed by atoms with Gasteiger partial charge in [0, 0.05) is 6.54 Å². The molecule has 2 aromatic heterocycles. The Balaban J connectivity index is 1.73. The Bertz CT molecular complexity index is 667. The van der Waals surface area contributed by atoms with Crippen LogP contribution in [-0.2, 0) is 9.84 Å². The SMILES string of the molecule is O=S1(=O)CCCC1CNc1ccc2nnnn2n1. The largest absolute Gasteiger partial charge is 0.367 e. The molecule has 2 aromatic rings. The van der Waals surface area contributed by atoms with E-state index in [0.29, 0.717) is 30.2 Å². The molecule has 0 aromatic carbocycles. The molecule has 1 N–H and O–H groups in total. The number of nitrogens with zero attached hydrogens (tertiary/aromatic N) is 5. The number of tetrazole rings is 1. The van der Waals surface area contributed by atoms with E-state index in [4.69, 9.17) is 0 Å². The summed E-state index contributed by atoms with van der Waals surface area (Å²) in [7, 11) is -2.93. The van der Waals surface area contributed by atoms with Crippen molar-refractivity contribution in [2.45, 2.75) is 18.1 Å². The van der Waals surface area contributed by atoms with Crippen LogP contribution in [0.5, 0.6) is 0 Å². The molecule has 0 saturated carbocycles. The molecule has 0 amide bonds. The molecule has 1 saturated heterocycles. The average molecular weight is 268 g/mol. The maximum atomic E-state index is 11.7. The van der Waals surface area contributed by atoms with Gasteiger partial charge in [-0.05, 0) is 35.4 Å². The fourth-order valence-electron chi connectivity index (χ4n) is 2.05. The second-order valence-electron chi connectivity index (χ2n) is 4.26. The minimum atomic E-state index is -2.93. The molecule has 0 bridgehead atoms. The molecule has 96 valence electrons. The number of rotatable bonds is 3. The van der Waals surface area contributed by atoms with E-state index < -0.39 is 9.84 Å². The topological polar surface area (TPSA) is 102 Å². The Morgan fingerprint density at radius 2 is 2.33 bits per heavy atom. The van der Waals surface area contributed by atoms with Gasteiger partial charge in [-0.15, -0.1) is 14.8 Å². The van der Waals surface area contributed by atoms with E-state index in [1.54, 1.807) is 12.1 Å². The van der Waals surface area contributed by atoms with E-state index in [-0.39, 0.29) is 5.25 Å². The summed E-state index contributed by atoms with van der Waals surface area (Å²) in [5, 5.41) is 17.7. The highest BCUT2D eigenvalue weighted by Gasteiger charge is 2.30. The highest BCUT2D eigenvalue weighted by molar-refractivity contribution is 7.92. The lowest BCUT2D eigenvalue weighted by Gasteiger charge is -2.10. The second kappa shape index (κ2) is 4.16. The average Bonchev–Trinajstić information content (AvgIpc) is 2.91. The van der Waals surface area contributed by atoms with Gasteiger partial charge in [0.25, 0.3) is 0 Å². The molecular formula is C9H12N6O2S. The van der Waals surface area contributed by atoms with E-state index >= 15 is 0 Å². The van der Waals surface area contributed by atoms with Crippen molar-refractivity contribution < 1.29 is 8.42 Å². The third-order valence-electron chi connectivity index (χ3n) is 3.04.